The molecule has 1 aromatic carbocycles. The van der Waals surface area contributed by atoms with Crippen LogP contribution >= 0.6 is 0 Å². The topological polar surface area (TPSA) is 64.3 Å². The van der Waals surface area contributed by atoms with E-state index in [1.54, 1.807) is 0 Å². The summed E-state index contributed by atoms with van der Waals surface area (Å²) in [6.45, 7) is 7.06. The molecule has 0 bridgehead atoms. The molecule has 0 aromatic heterocycles. The molecule has 19 heavy (non-hydrogen) atoms. The van der Waals surface area contributed by atoms with Crippen LogP contribution < -0.4 is 11.1 Å². The van der Waals surface area contributed by atoms with Crippen molar-refractivity contribution in [3.8, 4) is 0 Å². The lowest BCUT2D eigenvalue weighted by Crippen LogP contribution is -2.53. The van der Waals surface area contributed by atoms with Gasteiger partial charge in [-0.2, -0.15) is 0 Å². The maximum absolute atomic E-state index is 12.0. The number of primary amides is 1. The first kappa shape index (κ1) is 15.7. The lowest BCUT2D eigenvalue weighted by atomic mass is 9.86. The fraction of sp³-hybridized carbons (Fsp3) is 0.533. The van der Waals surface area contributed by atoms with Crippen molar-refractivity contribution in [1.29, 1.82) is 0 Å². The SMILES string of the molecule is CCNC(CCOC(C)C)(C(N)=O)c1ccccc1. The maximum Gasteiger partial charge on any atom is 0.242 e. The monoisotopic (exact) mass is 264 g/mol. The number of amides is 1. The van der Waals surface area contributed by atoms with Crippen LogP contribution in [0.5, 0.6) is 0 Å². The predicted octanol–water partition coefficient (Wildman–Crippen LogP) is 1.79. The summed E-state index contributed by atoms with van der Waals surface area (Å²) in [7, 11) is 0. The number of carbonyl (C=O) groups excluding carboxylic acids is 1. The summed E-state index contributed by atoms with van der Waals surface area (Å²) in [6.07, 6.45) is 0.668. The van der Waals surface area contributed by atoms with Crippen molar-refractivity contribution in [2.75, 3.05) is 13.2 Å². The number of nitrogens with two attached hydrogens (primary N) is 1. The van der Waals surface area contributed by atoms with E-state index in [4.69, 9.17) is 10.5 Å². The molecule has 0 spiro atoms. The van der Waals surface area contributed by atoms with Gasteiger partial charge in [-0.25, -0.2) is 0 Å². The number of rotatable bonds is 8. The quantitative estimate of drug-likeness (QED) is 0.752. The minimum absolute atomic E-state index is 0.142. The average Bonchev–Trinajstić information content (AvgIpc) is 2.38. The zero-order valence-electron chi connectivity index (χ0n) is 12.0. The lowest BCUT2D eigenvalue weighted by molar-refractivity contribution is -0.126. The van der Waals surface area contributed by atoms with E-state index in [1.807, 2.05) is 51.1 Å². The molecule has 0 radical (unpaired) electrons. The molecule has 1 rings (SSSR count). The van der Waals surface area contributed by atoms with Gasteiger partial charge in [0.05, 0.1) is 6.10 Å². The predicted molar refractivity (Wildman–Crippen MR) is 76.7 cm³/mol. The molecule has 0 aliphatic carbocycles. The Labute approximate surface area is 115 Å². The highest BCUT2D eigenvalue weighted by atomic mass is 16.5. The van der Waals surface area contributed by atoms with E-state index in [-0.39, 0.29) is 12.0 Å². The van der Waals surface area contributed by atoms with E-state index in [1.165, 1.54) is 0 Å². The Morgan fingerprint density at radius 3 is 2.47 bits per heavy atom. The molecule has 0 aliphatic heterocycles. The zero-order valence-corrected chi connectivity index (χ0v) is 12.0. The van der Waals surface area contributed by atoms with E-state index in [9.17, 15) is 4.79 Å². The minimum Gasteiger partial charge on any atom is -0.379 e. The summed E-state index contributed by atoms with van der Waals surface area (Å²) < 4.78 is 5.57. The molecule has 1 amide bonds. The van der Waals surface area contributed by atoms with Gasteiger partial charge in [0.25, 0.3) is 0 Å². The number of hydrogen-bond donors (Lipinski definition) is 2. The van der Waals surface area contributed by atoms with Crippen LogP contribution in [0.15, 0.2) is 30.3 Å². The number of benzene rings is 1. The first-order chi connectivity index (χ1) is 9.03. The fourth-order valence-corrected chi connectivity index (χ4v) is 2.16. The Morgan fingerprint density at radius 2 is 2.00 bits per heavy atom. The van der Waals surface area contributed by atoms with E-state index >= 15 is 0 Å². The molecule has 0 saturated carbocycles. The van der Waals surface area contributed by atoms with Crippen molar-refractivity contribution in [2.45, 2.75) is 38.8 Å². The summed E-state index contributed by atoms with van der Waals surface area (Å²) in [5.41, 5.74) is 5.68. The highest BCUT2D eigenvalue weighted by Crippen LogP contribution is 2.25. The third kappa shape index (κ3) is 4.04. The molecule has 0 aliphatic rings. The van der Waals surface area contributed by atoms with Gasteiger partial charge < -0.3 is 10.5 Å². The molecule has 3 N–H and O–H groups in total. The first-order valence-corrected chi connectivity index (χ1v) is 6.75. The second-order valence-electron chi connectivity index (χ2n) is 4.84. The van der Waals surface area contributed by atoms with Crippen LogP contribution in [0.4, 0.5) is 0 Å². The summed E-state index contributed by atoms with van der Waals surface area (Å²) in [4.78, 5) is 12.0. The summed E-state index contributed by atoms with van der Waals surface area (Å²) in [5.74, 6) is -0.368. The Kier molecular flexibility index (Phi) is 5.99. The molecule has 1 atom stereocenters. The first-order valence-electron chi connectivity index (χ1n) is 6.75. The Bertz CT molecular complexity index is 392. The summed E-state index contributed by atoms with van der Waals surface area (Å²) >= 11 is 0. The fourth-order valence-electron chi connectivity index (χ4n) is 2.16. The second kappa shape index (κ2) is 7.26. The molecule has 0 fully saturated rings. The third-order valence-electron chi connectivity index (χ3n) is 3.09. The van der Waals surface area contributed by atoms with E-state index in [0.717, 1.165) is 5.56 Å². The van der Waals surface area contributed by atoms with Crippen molar-refractivity contribution in [3.05, 3.63) is 35.9 Å². The van der Waals surface area contributed by atoms with Crippen LogP contribution in [-0.2, 0) is 15.1 Å². The molecule has 1 unspecified atom stereocenters. The molecule has 4 nitrogen and oxygen atoms in total. The normalized spacial score (nSPS) is 14.3. The number of ether oxygens (including phenoxy) is 1. The van der Waals surface area contributed by atoms with Crippen molar-refractivity contribution >= 4 is 5.91 Å². The van der Waals surface area contributed by atoms with Gasteiger partial charge in [0, 0.05) is 13.0 Å². The van der Waals surface area contributed by atoms with Gasteiger partial charge in [0.15, 0.2) is 0 Å². The molecular formula is C15H24N2O2. The zero-order chi connectivity index (χ0) is 14.3. The minimum atomic E-state index is -0.856. The van der Waals surface area contributed by atoms with Gasteiger partial charge in [-0.15, -0.1) is 0 Å². The summed E-state index contributed by atoms with van der Waals surface area (Å²) in [6, 6.07) is 9.58. The Hall–Kier alpha value is -1.39. The molecule has 0 saturated heterocycles. The maximum atomic E-state index is 12.0. The van der Waals surface area contributed by atoms with Gasteiger partial charge in [-0.1, -0.05) is 37.3 Å². The van der Waals surface area contributed by atoms with Crippen LogP contribution in [0.25, 0.3) is 0 Å². The molecule has 106 valence electrons. The van der Waals surface area contributed by atoms with Gasteiger partial charge in [0.2, 0.25) is 5.91 Å². The number of carbonyl (C=O) groups is 1. The van der Waals surface area contributed by atoms with Crippen molar-refractivity contribution < 1.29 is 9.53 Å². The van der Waals surface area contributed by atoms with Crippen LogP contribution in [0.1, 0.15) is 32.8 Å². The Balaban J connectivity index is 2.97. The number of hydrogen-bond acceptors (Lipinski definition) is 3. The number of likely N-dealkylation sites (N-methyl/N-ethyl adjacent to an activating group) is 1. The van der Waals surface area contributed by atoms with Crippen LogP contribution in [0, 0.1) is 0 Å². The van der Waals surface area contributed by atoms with Crippen molar-refractivity contribution in [3.63, 3.8) is 0 Å². The average molecular weight is 264 g/mol. The largest absolute Gasteiger partial charge is 0.379 e. The van der Waals surface area contributed by atoms with Gasteiger partial charge in [-0.3, -0.25) is 10.1 Å². The van der Waals surface area contributed by atoms with Gasteiger partial charge >= 0.3 is 0 Å². The second-order valence-corrected chi connectivity index (χ2v) is 4.84. The van der Waals surface area contributed by atoms with E-state index in [2.05, 4.69) is 5.32 Å². The van der Waals surface area contributed by atoms with Crippen LogP contribution in [0.3, 0.4) is 0 Å². The Morgan fingerprint density at radius 1 is 1.37 bits per heavy atom. The molecule has 4 heteroatoms. The molecule has 1 aromatic rings. The van der Waals surface area contributed by atoms with Crippen LogP contribution in [-0.4, -0.2) is 25.2 Å². The van der Waals surface area contributed by atoms with Gasteiger partial charge in [-0.05, 0) is 26.0 Å². The highest BCUT2D eigenvalue weighted by molar-refractivity contribution is 5.86. The van der Waals surface area contributed by atoms with Crippen molar-refractivity contribution in [2.24, 2.45) is 5.73 Å². The van der Waals surface area contributed by atoms with Crippen LogP contribution in [0.2, 0.25) is 0 Å². The lowest BCUT2D eigenvalue weighted by Gasteiger charge is -2.32. The van der Waals surface area contributed by atoms with Crippen molar-refractivity contribution in [1.82, 2.24) is 5.32 Å². The highest BCUT2D eigenvalue weighted by Gasteiger charge is 2.37. The molecular weight excluding hydrogens is 240 g/mol. The smallest absolute Gasteiger partial charge is 0.242 e. The summed E-state index contributed by atoms with van der Waals surface area (Å²) in [5, 5.41) is 3.23. The van der Waals surface area contributed by atoms with E-state index in [0.29, 0.717) is 19.6 Å². The number of nitrogens with one attached hydrogen (secondary N) is 1. The van der Waals surface area contributed by atoms with E-state index < -0.39 is 5.54 Å². The standard InChI is InChI=1S/C15H24N2O2/c1-4-17-15(14(16)18,10-11-19-12(2)3)13-8-6-5-7-9-13/h5-9,12,17H,4,10-11H2,1-3H3,(H2,16,18). The molecule has 0 heterocycles. The third-order valence-corrected chi connectivity index (χ3v) is 3.09. The van der Waals surface area contributed by atoms with Gasteiger partial charge in [0.1, 0.15) is 5.54 Å².